The second-order valence-corrected chi connectivity index (χ2v) is 5.66. The van der Waals surface area contributed by atoms with Crippen LogP contribution in [0.1, 0.15) is 21.6 Å². The summed E-state index contributed by atoms with van der Waals surface area (Å²) in [6, 6.07) is 6.72. The molecule has 0 bridgehead atoms. The Morgan fingerprint density at radius 1 is 1.08 bits per heavy atom. The zero-order valence-electron chi connectivity index (χ0n) is 13.6. The number of carbonyl (C=O) groups is 1. The number of benzene rings is 1. The zero-order chi connectivity index (χ0) is 18.7. The van der Waals surface area contributed by atoms with Gasteiger partial charge in [0.1, 0.15) is 6.07 Å². The summed E-state index contributed by atoms with van der Waals surface area (Å²) >= 11 is 0. The van der Waals surface area contributed by atoms with Gasteiger partial charge in [-0.3, -0.25) is 4.79 Å². The molecule has 1 aromatic carbocycles. The Balaban J connectivity index is 1.75. The van der Waals surface area contributed by atoms with E-state index in [1.165, 1.54) is 35.5 Å². The highest BCUT2D eigenvalue weighted by Crippen LogP contribution is 2.32. The maximum atomic E-state index is 13.1. The molecule has 1 saturated heterocycles. The van der Waals surface area contributed by atoms with Crippen molar-refractivity contribution in [3.63, 3.8) is 0 Å². The fraction of sp³-hybridized carbons (Fsp3) is 0.294. The van der Waals surface area contributed by atoms with E-state index in [1.807, 2.05) is 6.07 Å². The lowest BCUT2D eigenvalue weighted by Gasteiger charge is -2.35. The van der Waals surface area contributed by atoms with Crippen LogP contribution >= 0.6 is 0 Å². The molecule has 0 unspecified atom stereocenters. The van der Waals surface area contributed by atoms with Crippen LogP contribution < -0.4 is 4.90 Å². The number of amides is 1. The van der Waals surface area contributed by atoms with Gasteiger partial charge in [-0.15, -0.1) is 0 Å². The predicted molar refractivity (Wildman–Crippen MR) is 86.3 cm³/mol. The van der Waals surface area contributed by atoms with Crippen molar-refractivity contribution in [3.8, 4) is 6.07 Å². The van der Waals surface area contributed by atoms with E-state index in [0.717, 1.165) is 6.07 Å². The molecule has 3 rings (SSSR count). The molecule has 0 radical (unpaired) electrons. The van der Waals surface area contributed by atoms with E-state index >= 15 is 0 Å². The summed E-state index contributed by atoms with van der Waals surface area (Å²) < 4.78 is 39.4. The Bertz CT molecular complexity index is 854. The Hall–Kier alpha value is -3.15. The number of rotatable bonds is 2. The lowest BCUT2D eigenvalue weighted by molar-refractivity contribution is -0.138. The summed E-state index contributed by atoms with van der Waals surface area (Å²) in [5.41, 5.74) is -1.12. The number of nitriles is 1. The molecule has 26 heavy (non-hydrogen) atoms. The number of alkyl halides is 3. The standard InChI is InChI=1S/C17H14F3N5O/c18-17(19,20)13-4-2-1-3-12(13)16(26)25-9-7-24(8-10-25)15-14(11-21)22-5-6-23-15/h1-6H,7-10H2. The molecule has 0 saturated carbocycles. The molecule has 0 atom stereocenters. The molecule has 9 heteroatoms. The van der Waals surface area contributed by atoms with Gasteiger partial charge in [0, 0.05) is 38.6 Å². The molecule has 1 aromatic heterocycles. The van der Waals surface area contributed by atoms with Gasteiger partial charge in [-0.25, -0.2) is 9.97 Å². The third kappa shape index (κ3) is 3.44. The topological polar surface area (TPSA) is 73.1 Å². The third-order valence-electron chi connectivity index (χ3n) is 4.11. The van der Waals surface area contributed by atoms with E-state index in [-0.39, 0.29) is 24.3 Å². The average Bonchev–Trinajstić information content (AvgIpc) is 2.67. The number of nitrogens with zero attached hydrogens (tertiary/aromatic N) is 5. The molecular formula is C17H14F3N5O. The number of carbonyl (C=O) groups excluding carboxylic acids is 1. The Kier molecular flexibility index (Phi) is 4.75. The minimum Gasteiger partial charge on any atom is -0.351 e. The highest BCUT2D eigenvalue weighted by Gasteiger charge is 2.36. The Morgan fingerprint density at radius 3 is 2.38 bits per heavy atom. The van der Waals surface area contributed by atoms with Gasteiger partial charge in [-0.05, 0) is 12.1 Å². The summed E-state index contributed by atoms with van der Waals surface area (Å²) in [5.74, 6) is -0.241. The van der Waals surface area contributed by atoms with Crippen LogP contribution in [-0.2, 0) is 6.18 Å². The molecule has 134 valence electrons. The van der Waals surface area contributed by atoms with Gasteiger partial charge in [0.15, 0.2) is 11.5 Å². The quantitative estimate of drug-likeness (QED) is 0.821. The first-order chi connectivity index (χ1) is 12.4. The molecular weight excluding hydrogens is 347 g/mol. The largest absolute Gasteiger partial charge is 0.417 e. The molecule has 1 fully saturated rings. The molecule has 2 aromatic rings. The Labute approximate surface area is 147 Å². The second-order valence-electron chi connectivity index (χ2n) is 5.66. The Morgan fingerprint density at radius 2 is 1.73 bits per heavy atom. The van der Waals surface area contributed by atoms with Crippen LogP contribution in [0.25, 0.3) is 0 Å². The zero-order valence-corrected chi connectivity index (χ0v) is 13.6. The molecule has 0 N–H and O–H groups in total. The van der Waals surface area contributed by atoms with Crippen molar-refractivity contribution in [1.82, 2.24) is 14.9 Å². The fourth-order valence-corrected chi connectivity index (χ4v) is 2.85. The van der Waals surface area contributed by atoms with E-state index in [0.29, 0.717) is 18.9 Å². The number of anilines is 1. The smallest absolute Gasteiger partial charge is 0.351 e. The van der Waals surface area contributed by atoms with E-state index in [2.05, 4.69) is 9.97 Å². The monoisotopic (exact) mass is 361 g/mol. The maximum absolute atomic E-state index is 13.1. The van der Waals surface area contributed by atoms with Crippen LogP contribution in [0.5, 0.6) is 0 Å². The van der Waals surface area contributed by atoms with Crippen LogP contribution in [-0.4, -0.2) is 47.0 Å². The van der Waals surface area contributed by atoms with Gasteiger partial charge < -0.3 is 9.80 Å². The lowest BCUT2D eigenvalue weighted by atomic mass is 10.1. The van der Waals surface area contributed by atoms with Gasteiger partial charge in [0.05, 0.1) is 11.1 Å². The lowest BCUT2D eigenvalue weighted by Crippen LogP contribution is -2.49. The summed E-state index contributed by atoms with van der Waals surface area (Å²) in [6.45, 7) is 1.17. The number of piperazine rings is 1. The van der Waals surface area contributed by atoms with Gasteiger partial charge >= 0.3 is 6.18 Å². The highest BCUT2D eigenvalue weighted by molar-refractivity contribution is 5.96. The van der Waals surface area contributed by atoms with E-state index in [9.17, 15) is 18.0 Å². The van der Waals surface area contributed by atoms with Crippen molar-refractivity contribution >= 4 is 11.7 Å². The van der Waals surface area contributed by atoms with Crippen LogP contribution in [0.15, 0.2) is 36.7 Å². The molecule has 2 heterocycles. The first-order valence-electron chi connectivity index (χ1n) is 7.83. The average molecular weight is 361 g/mol. The van der Waals surface area contributed by atoms with Crippen molar-refractivity contribution in [2.24, 2.45) is 0 Å². The van der Waals surface area contributed by atoms with Crippen LogP contribution in [0, 0.1) is 11.3 Å². The minimum atomic E-state index is -4.59. The first-order valence-corrected chi connectivity index (χ1v) is 7.83. The molecule has 1 aliphatic heterocycles. The van der Waals surface area contributed by atoms with Gasteiger partial charge in [-0.1, -0.05) is 12.1 Å². The van der Waals surface area contributed by atoms with Crippen LogP contribution in [0.2, 0.25) is 0 Å². The highest BCUT2D eigenvalue weighted by atomic mass is 19.4. The van der Waals surface area contributed by atoms with Crippen LogP contribution in [0.3, 0.4) is 0 Å². The SMILES string of the molecule is N#Cc1nccnc1N1CCN(C(=O)c2ccccc2C(F)(F)F)CC1. The minimum absolute atomic E-state index is 0.176. The van der Waals surface area contributed by atoms with Crippen molar-refractivity contribution in [3.05, 3.63) is 53.5 Å². The number of aromatic nitrogens is 2. The van der Waals surface area contributed by atoms with Crippen molar-refractivity contribution < 1.29 is 18.0 Å². The summed E-state index contributed by atoms with van der Waals surface area (Å²) in [7, 11) is 0. The predicted octanol–water partition coefficient (Wildman–Crippen LogP) is 2.33. The summed E-state index contributed by atoms with van der Waals surface area (Å²) in [6.07, 6.45) is -1.71. The second kappa shape index (κ2) is 7.00. The van der Waals surface area contributed by atoms with E-state index in [4.69, 9.17) is 5.26 Å². The molecule has 6 nitrogen and oxygen atoms in total. The van der Waals surface area contributed by atoms with Crippen molar-refractivity contribution in [1.29, 1.82) is 5.26 Å². The third-order valence-corrected chi connectivity index (χ3v) is 4.11. The molecule has 1 aliphatic rings. The first kappa shape index (κ1) is 17.7. The summed E-state index contributed by atoms with van der Waals surface area (Å²) in [4.78, 5) is 23.8. The molecule has 0 aliphatic carbocycles. The maximum Gasteiger partial charge on any atom is 0.417 e. The van der Waals surface area contributed by atoms with Crippen molar-refractivity contribution in [2.45, 2.75) is 6.18 Å². The molecule has 0 spiro atoms. The fourth-order valence-electron chi connectivity index (χ4n) is 2.85. The number of halogens is 3. The van der Waals surface area contributed by atoms with Gasteiger partial charge in [0.2, 0.25) is 0 Å². The molecule has 1 amide bonds. The van der Waals surface area contributed by atoms with Crippen molar-refractivity contribution in [2.75, 3.05) is 31.1 Å². The van der Waals surface area contributed by atoms with E-state index < -0.39 is 17.6 Å². The van der Waals surface area contributed by atoms with E-state index in [1.54, 1.807) is 4.90 Å². The van der Waals surface area contributed by atoms with Gasteiger partial charge in [-0.2, -0.15) is 18.4 Å². The number of hydrogen-bond donors (Lipinski definition) is 0. The number of hydrogen-bond acceptors (Lipinski definition) is 5. The normalized spacial score (nSPS) is 14.8. The van der Waals surface area contributed by atoms with Crippen LogP contribution in [0.4, 0.5) is 19.0 Å². The van der Waals surface area contributed by atoms with Gasteiger partial charge in [0.25, 0.3) is 5.91 Å². The summed E-state index contributed by atoms with van der Waals surface area (Å²) in [5, 5.41) is 9.09.